The molecule has 0 amide bonds. The van der Waals surface area contributed by atoms with Crippen LogP contribution in [0, 0.1) is 5.82 Å². The first-order valence-corrected chi connectivity index (χ1v) is 9.42. The molecule has 0 radical (unpaired) electrons. The Kier molecular flexibility index (Phi) is 4.60. The average molecular weight is 375 g/mol. The Balaban J connectivity index is 2.25. The first-order chi connectivity index (χ1) is 12.3. The molecule has 2 aromatic carbocycles. The molecule has 8 heteroatoms. The summed E-state index contributed by atoms with van der Waals surface area (Å²) in [5, 5.41) is 8.98. The van der Waals surface area contributed by atoms with Gasteiger partial charge < -0.3 is 9.52 Å². The molecule has 3 aromatic rings. The molecule has 0 bridgehead atoms. The summed E-state index contributed by atoms with van der Waals surface area (Å²) in [6.07, 6.45) is 0.604. The van der Waals surface area contributed by atoms with Crippen LogP contribution < -0.4 is 0 Å². The Morgan fingerprint density at radius 2 is 1.81 bits per heavy atom. The third-order valence-corrected chi connectivity index (χ3v) is 4.78. The fourth-order valence-electron chi connectivity index (χ4n) is 2.53. The number of oxazole rings is 1. The molecule has 0 aliphatic carbocycles. The lowest BCUT2D eigenvalue weighted by molar-refractivity contribution is -0.136. The SMILES string of the molecule is CS(=O)(=O)c1ccccc1-c1oc(CC(=O)O)nc1-c1ccc(F)cc1. The normalized spacial score (nSPS) is 11.5. The van der Waals surface area contributed by atoms with Crippen molar-refractivity contribution in [2.75, 3.05) is 6.26 Å². The fourth-order valence-corrected chi connectivity index (χ4v) is 3.42. The van der Waals surface area contributed by atoms with E-state index in [0.717, 1.165) is 6.26 Å². The van der Waals surface area contributed by atoms with Crippen molar-refractivity contribution in [2.45, 2.75) is 11.3 Å². The van der Waals surface area contributed by atoms with Crippen LogP contribution in [0.1, 0.15) is 5.89 Å². The number of nitrogens with zero attached hydrogens (tertiary/aromatic N) is 1. The first-order valence-electron chi connectivity index (χ1n) is 7.52. The highest BCUT2D eigenvalue weighted by molar-refractivity contribution is 7.90. The third kappa shape index (κ3) is 3.65. The Labute approximate surface area is 148 Å². The lowest BCUT2D eigenvalue weighted by Gasteiger charge is -2.07. The van der Waals surface area contributed by atoms with Gasteiger partial charge in [-0.05, 0) is 36.4 Å². The Hall–Kier alpha value is -3.00. The van der Waals surface area contributed by atoms with E-state index >= 15 is 0 Å². The van der Waals surface area contributed by atoms with Crippen molar-refractivity contribution in [1.82, 2.24) is 4.98 Å². The summed E-state index contributed by atoms with van der Waals surface area (Å²) >= 11 is 0. The molecule has 1 heterocycles. The zero-order valence-corrected chi connectivity index (χ0v) is 14.5. The molecule has 0 aliphatic rings. The molecule has 0 saturated carbocycles. The lowest BCUT2D eigenvalue weighted by Crippen LogP contribution is -2.00. The zero-order valence-electron chi connectivity index (χ0n) is 13.6. The Morgan fingerprint density at radius 1 is 1.15 bits per heavy atom. The number of rotatable bonds is 5. The second-order valence-electron chi connectivity index (χ2n) is 5.63. The average Bonchev–Trinajstić information content (AvgIpc) is 2.97. The molecule has 1 N–H and O–H groups in total. The van der Waals surface area contributed by atoms with E-state index in [-0.39, 0.29) is 27.8 Å². The van der Waals surface area contributed by atoms with Gasteiger partial charge in [-0.2, -0.15) is 0 Å². The summed E-state index contributed by atoms with van der Waals surface area (Å²) in [6.45, 7) is 0. The lowest BCUT2D eigenvalue weighted by atomic mass is 10.1. The van der Waals surface area contributed by atoms with E-state index in [9.17, 15) is 17.6 Å². The largest absolute Gasteiger partial charge is 0.481 e. The number of aliphatic carboxylic acids is 1. The van der Waals surface area contributed by atoms with Crippen LogP contribution in [0.3, 0.4) is 0 Å². The Morgan fingerprint density at radius 3 is 2.42 bits per heavy atom. The molecule has 6 nitrogen and oxygen atoms in total. The summed E-state index contributed by atoms with van der Waals surface area (Å²) in [7, 11) is -3.57. The standard InChI is InChI=1S/C18H14FNO5S/c1-26(23,24)14-5-3-2-4-13(14)18-17(11-6-8-12(19)9-7-11)20-15(25-18)10-16(21)22/h2-9H,10H2,1H3,(H,21,22). The molecule has 134 valence electrons. The number of carboxylic acid groups (broad SMARTS) is 1. The van der Waals surface area contributed by atoms with Gasteiger partial charge in [-0.15, -0.1) is 0 Å². The molecule has 0 atom stereocenters. The van der Waals surface area contributed by atoms with Crippen LogP contribution >= 0.6 is 0 Å². The highest BCUT2D eigenvalue weighted by Crippen LogP contribution is 2.36. The number of carbonyl (C=O) groups is 1. The molecular formula is C18H14FNO5S. The summed E-state index contributed by atoms with van der Waals surface area (Å²) in [4.78, 5) is 15.2. The molecule has 0 unspecified atom stereocenters. The van der Waals surface area contributed by atoms with Crippen molar-refractivity contribution in [1.29, 1.82) is 0 Å². The maximum atomic E-state index is 13.2. The van der Waals surface area contributed by atoms with Crippen molar-refractivity contribution < 1.29 is 27.1 Å². The second kappa shape index (κ2) is 6.72. The predicted molar refractivity (Wildman–Crippen MR) is 91.8 cm³/mol. The van der Waals surface area contributed by atoms with Gasteiger partial charge in [0.1, 0.15) is 17.9 Å². The van der Waals surface area contributed by atoms with E-state index in [4.69, 9.17) is 9.52 Å². The van der Waals surface area contributed by atoms with Gasteiger partial charge in [0, 0.05) is 17.4 Å². The molecule has 0 spiro atoms. The van der Waals surface area contributed by atoms with Gasteiger partial charge in [-0.25, -0.2) is 17.8 Å². The number of hydrogen-bond acceptors (Lipinski definition) is 5. The molecule has 0 fully saturated rings. The molecule has 3 rings (SSSR count). The van der Waals surface area contributed by atoms with Gasteiger partial charge in [0.2, 0.25) is 5.89 Å². The topological polar surface area (TPSA) is 97.5 Å². The summed E-state index contributed by atoms with van der Waals surface area (Å²) in [6, 6.07) is 11.6. The van der Waals surface area contributed by atoms with Gasteiger partial charge in [-0.1, -0.05) is 12.1 Å². The summed E-state index contributed by atoms with van der Waals surface area (Å²) < 4.78 is 43.0. The smallest absolute Gasteiger partial charge is 0.312 e. The van der Waals surface area contributed by atoms with Crippen molar-refractivity contribution in [3.8, 4) is 22.6 Å². The molecular weight excluding hydrogens is 361 g/mol. The van der Waals surface area contributed by atoms with Crippen LogP contribution in [0.5, 0.6) is 0 Å². The van der Waals surface area contributed by atoms with Gasteiger partial charge in [0.05, 0.1) is 4.90 Å². The third-order valence-electron chi connectivity index (χ3n) is 3.62. The van der Waals surface area contributed by atoms with E-state index < -0.39 is 28.0 Å². The maximum Gasteiger partial charge on any atom is 0.312 e. The van der Waals surface area contributed by atoms with Crippen LogP contribution in [0.15, 0.2) is 57.8 Å². The quantitative estimate of drug-likeness (QED) is 0.736. The molecule has 0 aliphatic heterocycles. The van der Waals surface area contributed by atoms with E-state index in [1.54, 1.807) is 18.2 Å². The molecule has 26 heavy (non-hydrogen) atoms. The summed E-state index contributed by atoms with van der Waals surface area (Å²) in [5.74, 6) is -1.54. The van der Waals surface area contributed by atoms with Gasteiger partial charge in [0.15, 0.2) is 15.6 Å². The highest BCUT2D eigenvalue weighted by atomic mass is 32.2. The van der Waals surface area contributed by atoms with Crippen LogP contribution in [0.2, 0.25) is 0 Å². The summed E-state index contributed by atoms with van der Waals surface area (Å²) in [5.41, 5.74) is 0.987. The minimum atomic E-state index is -3.57. The van der Waals surface area contributed by atoms with Crippen LogP contribution in [0.4, 0.5) is 4.39 Å². The van der Waals surface area contributed by atoms with Crippen LogP contribution in [-0.4, -0.2) is 30.7 Å². The van der Waals surface area contributed by atoms with Crippen molar-refractivity contribution in [3.05, 3.63) is 60.2 Å². The van der Waals surface area contributed by atoms with E-state index in [2.05, 4.69) is 4.98 Å². The first kappa shape index (κ1) is 17.8. The second-order valence-corrected chi connectivity index (χ2v) is 7.62. The molecule has 1 aromatic heterocycles. The van der Waals surface area contributed by atoms with Crippen molar-refractivity contribution in [2.24, 2.45) is 0 Å². The predicted octanol–water partition coefficient (Wildman–Crippen LogP) is 3.18. The number of carboxylic acids is 1. The van der Waals surface area contributed by atoms with E-state index in [1.165, 1.54) is 30.3 Å². The fraction of sp³-hybridized carbons (Fsp3) is 0.111. The number of aromatic nitrogens is 1. The minimum Gasteiger partial charge on any atom is -0.481 e. The van der Waals surface area contributed by atoms with E-state index in [0.29, 0.717) is 5.56 Å². The number of halogens is 1. The van der Waals surface area contributed by atoms with Gasteiger partial charge in [0.25, 0.3) is 0 Å². The maximum absolute atomic E-state index is 13.2. The monoisotopic (exact) mass is 375 g/mol. The van der Waals surface area contributed by atoms with Gasteiger partial charge >= 0.3 is 5.97 Å². The van der Waals surface area contributed by atoms with Crippen LogP contribution in [-0.2, 0) is 21.1 Å². The number of benzene rings is 2. The van der Waals surface area contributed by atoms with Gasteiger partial charge in [-0.3, -0.25) is 4.79 Å². The number of sulfone groups is 1. The van der Waals surface area contributed by atoms with E-state index in [1.807, 2.05) is 0 Å². The molecule has 0 saturated heterocycles. The highest BCUT2D eigenvalue weighted by Gasteiger charge is 2.23. The van der Waals surface area contributed by atoms with Crippen molar-refractivity contribution >= 4 is 15.8 Å². The Bertz CT molecular complexity index is 1070. The van der Waals surface area contributed by atoms with Crippen LogP contribution in [0.25, 0.3) is 22.6 Å². The van der Waals surface area contributed by atoms with Crippen molar-refractivity contribution in [3.63, 3.8) is 0 Å². The minimum absolute atomic E-state index is 0.0291. The zero-order chi connectivity index (χ0) is 18.9. The number of hydrogen-bond donors (Lipinski definition) is 1.